The van der Waals surface area contributed by atoms with E-state index in [1.54, 1.807) is 10.9 Å². The smallest absolute Gasteiger partial charge is 0.254 e. The normalized spacial score (nSPS) is 20.8. The molecule has 1 heterocycles. The molecule has 1 amide bonds. The van der Waals surface area contributed by atoms with Crippen molar-refractivity contribution < 1.29 is 4.79 Å². The van der Waals surface area contributed by atoms with E-state index in [0.717, 1.165) is 37.8 Å². The van der Waals surface area contributed by atoms with Gasteiger partial charge in [-0.15, -0.1) is 0 Å². The van der Waals surface area contributed by atoms with Crippen molar-refractivity contribution in [1.82, 2.24) is 9.78 Å². The average molecular weight is 323 g/mol. The third-order valence-electron chi connectivity index (χ3n) is 4.49. The third kappa shape index (κ3) is 3.57. The molecule has 1 aliphatic rings. The van der Waals surface area contributed by atoms with Crippen LogP contribution in [0.25, 0.3) is 0 Å². The van der Waals surface area contributed by atoms with Crippen molar-refractivity contribution in [3.05, 3.63) is 42.1 Å². The van der Waals surface area contributed by atoms with Crippen LogP contribution in [-0.2, 0) is 0 Å². The van der Waals surface area contributed by atoms with Crippen molar-refractivity contribution >= 4 is 17.4 Å². The molecule has 0 spiro atoms. The first-order valence-electron chi connectivity index (χ1n) is 8.28. The molecule has 1 aliphatic carbocycles. The molecule has 0 saturated heterocycles. The lowest BCUT2D eigenvalue weighted by atomic mass is 10.00. The number of carbonyl (C=O) groups excluding carboxylic acids is 1. The molecule has 2 aromatic rings. The number of hydrogen-bond acceptors (Lipinski definition) is 4. The maximum absolute atomic E-state index is 11.8. The molecule has 24 heavy (non-hydrogen) atoms. The molecule has 0 radical (unpaired) electrons. The van der Waals surface area contributed by atoms with Crippen LogP contribution in [0.2, 0.25) is 0 Å². The fraction of sp³-hybridized carbons (Fsp3) is 0.389. The largest absolute Gasteiger partial charge is 0.365 e. The zero-order chi connectivity index (χ0) is 16.9. The average Bonchev–Trinajstić information content (AvgIpc) is 2.86. The molecule has 0 aliphatic heterocycles. The first kappa shape index (κ1) is 16.1. The van der Waals surface area contributed by atoms with Crippen LogP contribution in [0.5, 0.6) is 0 Å². The van der Waals surface area contributed by atoms with E-state index in [1.165, 1.54) is 0 Å². The quantitative estimate of drug-likeness (QED) is 0.843. The first-order valence-corrected chi connectivity index (χ1v) is 8.28. The van der Waals surface area contributed by atoms with Crippen molar-refractivity contribution in [2.75, 3.05) is 5.32 Å². The van der Waals surface area contributed by atoms with Crippen molar-refractivity contribution in [3.8, 4) is 6.07 Å². The molecule has 1 aromatic carbocycles. The molecule has 0 bridgehead atoms. The van der Waals surface area contributed by atoms with Crippen LogP contribution in [-0.4, -0.2) is 15.7 Å². The number of rotatable bonds is 4. The molecule has 1 fully saturated rings. The summed E-state index contributed by atoms with van der Waals surface area (Å²) in [4.78, 5) is 11.8. The van der Waals surface area contributed by atoms with Gasteiger partial charge in [-0.1, -0.05) is 31.0 Å². The Balaban J connectivity index is 1.88. The monoisotopic (exact) mass is 323 g/mol. The number of nitrogens with two attached hydrogens (primary N) is 1. The number of nitrogens with one attached hydrogen (secondary N) is 1. The highest BCUT2D eigenvalue weighted by Gasteiger charge is 2.24. The highest BCUT2D eigenvalue weighted by atomic mass is 16.1. The van der Waals surface area contributed by atoms with Gasteiger partial charge in [0.05, 0.1) is 12.1 Å². The summed E-state index contributed by atoms with van der Waals surface area (Å²) in [6, 6.07) is 12.1. The van der Waals surface area contributed by atoms with Gasteiger partial charge in [0.15, 0.2) is 5.82 Å². The van der Waals surface area contributed by atoms with E-state index in [2.05, 4.69) is 16.5 Å². The molecule has 6 heteroatoms. The summed E-state index contributed by atoms with van der Waals surface area (Å²) in [5.74, 6) is 0.000788. The molecular formula is C18H21N5O. The predicted molar refractivity (Wildman–Crippen MR) is 91.7 cm³/mol. The molecule has 2 atom stereocenters. The zero-order valence-electron chi connectivity index (χ0n) is 13.5. The third-order valence-corrected chi connectivity index (χ3v) is 4.49. The number of benzene rings is 1. The number of anilines is 2. The van der Waals surface area contributed by atoms with Gasteiger partial charge in [-0.05, 0) is 31.4 Å². The molecule has 6 nitrogen and oxygen atoms in total. The van der Waals surface area contributed by atoms with Crippen LogP contribution < -0.4 is 11.1 Å². The molecule has 3 rings (SSSR count). The van der Waals surface area contributed by atoms with E-state index in [1.807, 2.05) is 30.3 Å². The Morgan fingerprint density at radius 1 is 1.29 bits per heavy atom. The van der Waals surface area contributed by atoms with E-state index in [-0.39, 0.29) is 12.0 Å². The minimum Gasteiger partial charge on any atom is -0.365 e. The summed E-state index contributed by atoms with van der Waals surface area (Å²) in [5.41, 5.74) is 6.73. The standard InChI is InChI=1S/C18H21N5O/c19-11-13-6-4-5-9-15(10-13)23-12-16(17(20)24)18(22-23)21-14-7-2-1-3-8-14/h1-3,7-8,12-13,15H,4-6,9-10H2,(H2,20,24)(H,21,22)/t13-,15?/m0/s1. The lowest BCUT2D eigenvalue weighted by Crippen LogP contribution is -2.13. The van der Waals surface area contributed by atoms with Gasteiger partial charge in [-0.3, -0.25) is 9.48 Å². The number of carbonyl (C=O) groups is 1. The molecule has 1 aromatic heterocycles. The van der Waals surface area contributed by atoms with Gasteiger partial charge in [-0.2, -0.15) is 10.4 Å². The van der Waals surface area contributed by atoms with Crippen LogP contribution in [0.4, 0.5) is 11.5 Å². The summed E-state index contributed by atoms with van der Waals surface area (Å²) in [7, 11) is 0. The molecule has 1 saturated carbocycles. The van der Waals surface area contributed by atoms with Gasteiger partial charge in [-0.25, -0.2) is 0 Å². The van der Waals surface area contributed by atoms with E-state index in [9.17, 15) is 10.1 Å². The Morgan fingerprint density at radius 3 is 2.75 bits per heavy atom. The number of para-hydroxylation sites is 1. The second-order valence-corrected chi connectivity index (χ2v) is 6.23. The predicted octanol–water partition coefficient (Wildman–Crippen LogP) is 3.37. The van der Waals surface area contributed by atoms with Gasteiger partial charge in [0.1, 0.15) is 5.56 Å². The Kier molecular flexibility index (Phi) is 4.80. The van der Waals surface area contributed by atoms with Gasteiger partial charge < -0.3 is 11.1 Å². The minimum atomic E-state index is -0.509. The molecule has 1 unspecified atom stereocenters. The summed E-state index contributed by atoms with van der Waals surface area (Å²) in [5, 5.41) is 17.0. The van der Waals surface area contributed by atoms with Gasteiger partial charge >= 0.3 is 0 Å². The Bertz CT molecular complexity index is 747. The van der Waals surface area contributed by atoms with Gasteiger partial charge in [0.2, 0.25) is 0 Å². The number of amides is 1. The fourth-order valence-electron chi connectivity index (χ4n) is 3.20. The van der Waals surface area contributed by atoms with E-state index >= 15 is 0 Å². The SMILES string of the molecule is N#C[C@H]1CCCCC(n2cc(C(N)=O)c(Nc3ccccc3)n2)C1. The molecule has 124 valence electrons. The maximum Gasteiger partial charge on any atom is 0.254 e. The zero-order valence-corrected chi connectivity index (χ0v) is 13.5. The Hall–Kier alpha value is -2.81. The van der Waals surface area contributed by atoms with Crippen molar-refractivity contribution in [3.63, 3.8) is 0 Å². The highest BCUT2D eigenvalue weighted by Crippen LogP contribution is 2.32. The van der Waals surface area contributed by atoms with Crippen LogP contribution >= 0.6 is 0 Å². The molecule has 3 N–H and O–H groups in total. The van der Waals surface area contributed by atoms with E-state index in [0.29, 0.717) is 11.4 Å². The van der Waals surface area contributed by atoms with E-state index < -0.39 is 5.91 Å². The Morgan fingerprint density at radius 2 is 2.04 bits per heavy atom. The van der Waals surface area contributed by atoms with Crippen molar-refractivity contribution in [2.45, 2.75) is 38.1 Å². The van der Waals surface area contributed by atoms with Crippen LogP contribution in [0.3, 0.4) is 0 Å². The van der Waals surface area contributed by atoms with Gasteiger partial charge in [0.25, 0.3) is 5.91 Å². The summed E-state index contributed by atoms with van der Waals surface area (Å²) < 4.78 is 1.81. The minimum absolute atomic E-state index is 0.0456. The number of aromatic nitrogens is 2. The highest BCUT2D eigenvalue weighted by molar-refractivity contribution is 5.98. The fourth-order valence-corrected chi connectivity index (χ4v) is 3.20. The van der Waals surface area contributed by atoms with Crippen LogP contribution in [0, 0.1) is 17.2 Å². The van der Waals surface area contributed by atoms with Crippen molar-refractivity contribution in [2.24, 2.45) is 11.7 Å². The van der Waals surface area contributed by atoms with Crippen LogP contribution in [0.15, 0.2) is 36.5 Å². The summed E-state index contributed by atoms with van der Waals surface area (Å²) >= 11 is 0. The van der Waals surface area contributed by atoms with E-state index in [4.69, 9.17) is 5.73 Å². The van der Waals surface area contributed by atoms with Gasteiger partial charge in [0, 0.05) is 17.8 Å². The Labute approximate surface area is 141 Å². The second-order valence-electron chi connectivity index (χ2n) is 6.23. The lowest BCUT2D eigenvalue weighted by molar-refractivity contribution is 0.100. The maximum atomic E-state index is 11.8. The first-order chi connectivity index (χ1) is 11.7. The number of hydrogen-bond donors (Lipinski definition) is 2. The lowest BCUT2D eigenvalue weighted by Gasteiger charge is -2.16. The second kappa shape index (κ2) is 7.18. The number of nitrogens with zero attached hydrogens (tertiary/aromatic N) is 3. The molecular weight excluding hydrogens is 302 g/mol. The van der Waals surface area contributed by atoms with Crippen LogP contribution in [0.1, 0.15) is 48.5 Å². The van der Waals surface area contributed by atoms with Crippen molar-refractivity contribution in [1.29, 1.82) is 5.26 Å². The number of nitriles is 1. The summed E-state index contributed by atoms with van der Waals surface area (Å²) in [6.45, 7) is 0. The number of primary amides is 1. The summed E-state index contributed by atoms with van der Waals surface area (Å²) in [6.07, 6.45) is 6.50. The topological polar surface area (TPSA) is 96.7 Å².